The molecule has 0 bridgehead atoms. The second-order valence-corrected chi connectivity index (χ2v) is 8.22. The molecule has 1 aromatic rings. The van der Waals surface area contributed by atoms with Gasteiger partial charge in [0.25, 0.3) is 0 Å². The van der Waals surface area contributed by atoms with Crippen molar-refractivity contribution in [2.45, 2.75) is 69.6 Å². The average Bonchev–Trinajstić information content (AvgIpc) is 2.62. The number of anilines is 1. The van der Waals surface area contributed by atoms with Crippen LogP contribution in [-0.2, 0) is 11.8 Å². The third kappa shape index (κ3) is 2.61. The molecule has 2 unspecified atom stereocenters. The van der Waals surface area contributed by atoms with E-state index < -0.39 is 0 Å². The molecule has 1 saturated heterocycles. The van der Waals surface area contributed by atoms with E-state index in [0.717, 1.165) is 37.7 Å². The van der Waals surface area contributed by atoms with Crippen LogP contribution in [-0.4, -0.2) is 24.7 Å². The number of fused-ring (bicyclic) bond motifs is 3. The fourth-order valence-corrected chi connectivity index (χ4v) is 5.82. The van der Waals surface area contributed by atoms with E-state index in [1.54, 1.807) is 0 Å². The molecule has 3 N–H and O–H groups in total. The third-order valence-electron chi connectivity index (χ3n) is 6.99. The Kier molecular flexibility index (Phi) is 4.46. The molecule has 0 aromatic heterocycles. The third-order valence-corrected chi connectivity index (χ3v) is 6.99. The lowest BCUT2D eigenvalue weighted by atomic mass is 9.56. The van der Waals surface area contributed by atoms with Crippen LogP contribution < -0.4 is 10.6 Å². The number of aromatic hydroxyl groups is 1. The maximum absolute atomic E-state index is 10.8. The summed E-state index contributed by atoms with van der Waals surface area (Å²) in [6, 6.07) is 4.45. The number of hydrogen-bond donors (Lipinski definition) is 2. The summed E-state index contributed by atoms with van der Waals surface area (Å²) in [6.07, 6.45) is 12.6. The van der Waals surface area contributed by atoms with Gasteiger partial charge in [0.05, 0.1) is 5.69 Å². The van der Waals surface area contributed by atoms with Crippen LogP contribution in [0, 0.1) is 5.92 Å². The van der Waals surface area contributed by atoms with Gasteiger partial charge in [0.1, 0.15) is 5.75 Å². The van der Waals surface area contributed by atoms with Crippen molar-refractivity contribution in [1.82, 2.24) is 0 Å². The molecule has 1 saturated carbocycles. The quantitative estimate of drug-likeness (QED) is 0.878. The van der Waals surface area contributed by atoms with E-state index in [-0.39, 0.29) is 5.41 Å². The van der Waals surface area contributed by atoms with E-state index >= 15 is 0 Å². The monoisotopic (exact) mass is 328 g/mol. The molecule has 0 radical (unpaired) electrons. The first-order valence-electron chi connectivity index (χ1n) is 10.1. The lowest BCUT2D eigenvalue weighted by Gasteiger charge is -2.49. The van der Waals surface area contributed by atoms with Crippen LogP contribution >= 0.6 is 0 Å². The highest BCUT2D eigenvalue weighted by Crippen LogP contribution is 2.53. The smallest absolute Gasteiger partial charge is 0.139 e. The zero-order valence-electron chi connectivity index (χ0n) is 14.9. The standard InChI is InChI=1S/C21H32N2O/c22-11-10-21-9-3-2-6-17(21)8-7-16-14-19(20(24)15-18(16)21)23-12-4-1-5-13-23/h14-15,17,24H,1-13,22H2. The molecule has 3 aliphatic rings. The van der Waals surface area contributed by atoms with Crippen molar-refractivity contribution in [2.24, 2.45) is 11.7 Å². The van der Waals surface area contributed by atoms with Gasteiger partial charge in [0.15, 0.2) is 0 Å². The highest BCUT2D eigenvalue weighted by atomic mass is 16.3. The van der Waals surface area contributed by atoms with Crippen LogP contribution in [0.2, 0.25) is 0 Å². The Morgan fingerprint density at radius 2 is 1.92 bits per heavy atom. The number of rotatable bonds is 3. The molecular formula is C21H32N2O. The first-order valence-corrected chi connectivity index (χ1v) is 10.1. The maximum Gasteiger partial charge on any atom is 0.139 e. The van der Waals surface area contributed by atoms with E-state index in [0.29, 0.717) is 5.75 Å². The molecule has 4 rings (SSSR count). The first-order chi connectivity index (χ1) is 11.7. The van der Waals surface area contributed by atoms with Crippen LogP contribution in [0.1, 0.15) is 68.9 Å². The van der Waals surface area contributed by atoms with Crippen LogP contribution in [0.5, 0.6) is 5.75 Å². The van der Waals surface area contributed by atoms with Gasteiger partial charge in [-0.1, -0.05) is 12.8 Å². The zero-order chi connectivity index (χ0) is 16.6. The summed E-state index contributed by atoms with van der Waals surface area (Å²) in [7, 11) is 0. The molecule has 2 fully saturated rings. The van der Waals surface area contributed by atoms with Gasteiger partial charge in [-0.25, -0.2) is 0 Å². The second kappa shape index (κ2) is 6.59. The molecular weight excluding hydrogens is 296 g/mol. The minimum atomic E-state index is 0.235. The Morgan fingerprint density at radius 1 is 1.08 bits per heavy atom. The zero-order valence-corrected chi connectivity index (χ0v) is 14.9. The summed E-state index contributed by atoms with van der Waals surface area (Å²) in [5, 5.41) is 10.8. The van der Waals surface area contributed by atoms with Crippen LogP contribution in [0.3, 0.4) is 0 Å². The van der Waals surface area contributed by atoms with Gasteiger partial charge in [-0.2, -0.15) is 0 Å². The summed E-state index contributed by atoms with van der Waals surface area (Å²) in [6.45, 7) is 2.93. The molecule has 2 aliphatic carbocycles. The van der Waals surface area contributed by atoms with E-state index in [4.69, 9.17) is 5.73 Å². The Labute approximate surface area is 146 Å². The number of phenolic OH excluding ortho intramolecular Hbond substituents is 1. The van der Waals surface area contributed by atoms with Crippen molar-refractivity contribution in [1.29, 1.82) is 0 Å². The first kappa shape index (κ1) is 16.3. The van der Waals surface area contributed by atoms with Crippen molar-refractivity contribution < 1.29 is 5.11 Å². The van der Waals surface area contributed by atoms with Gasteiger partial charge >= 0.3 is 0 Å². The maximum atomic E-state index is 10.8. The SMILES string of the molecule is NCCC12CCCCC1CCc1cc(N3CCCCC3)c(O)cc12. The summed E-state index contributed by atoms with van der Waals surface area (Å²) in [5.41, 5.74) is 10.3. The fraction of sp³-hybridized carbons (Fsp3) is 0.714. The molecule has 3 nitrogen and oxygen atoms in total. The van der Waals surface area contributed by atoms with Crippen molar-refractivity contribution in [3.63, 3.8) is 0 Å². The Bertz CT molecular complexity index is 590. The Balaban J connectivity index is 1.74. The summed E-state index contributed by atoms with van der Waals surface area (Å²) in [5.74, 6) is 1.26. The number of phenols is 1. The minimum Gasteiger partial charge on any atom is -0.506 e. The number of nitrogens with two attached hydrogens (primary N) is 1. The van der Waals surface area contributed by atoms with E-state index in [9.17, 15) is 5.11 Å². The average molecular weight is 329 g/mol. The Morgan fingerprint density at radius 3 is 2.71 bits per heavy atom. The molecule has 3 heteroatoms. The summed E-state index contributed by atoms with van der Waals surface area (Å²) >= 11 is 0. The second-order valence-electron chi connectivity index (χ2n) is 8.22. The molecule has 0 spiro atoms. The largest absolute Gasteiger partial charge is 0.506 e. The molecule has 2 atom stereocenters. The van der Waals surface area contributed by atoms with Gasteiger partial charge in [-0.3, -0.25) is 0 Å². The molecule has 1 aliphatic heterocycles. The van der Waals surface area contributed by atoms with Gasteiger partial charge in [-0.05, 0) is 92.5 Å². The van der Waals surface area contributed by atoms with Crippen LogP contribution in [0.15, 0.2) is 12.1 Å². The molecule has 1 heterocycles. The summed E-state index contributed by atoms with van der Waals surface area (Å²) < 4.78 is 0. The van der Waals surface area contributed by atoms with Crippen LogP contribution in [0.25, 0.3) is 0 Å². The predicted molar refractivity (Wildman–Crippen MR) is 99.8 cm³/mol. The Hall–Kier alpha value is -1.22. The van der Waals surface area contributed by atoms with Crippen molar-refractivity contribution in [3.05, 3.63) is 23.3 Å². The lowest BCUT2D eigenvalue weighted by molar-refractivity contribution is 0.150. The minimum absolute atomic E-state index is 0.235. The van der Waals surface area contributed by atoms with E-state index in [1.807, 2.05) is 0 Å². The lowest BCUT2D eigenvalue weighted by Crippen LogP contribution is -2.43. The molecule has 1 aromatic carbocycles. The highest BCUT2D eigenvalue weighted by Gasteiger charge is 2.45. The number of nitrogens with zero attached hydrogens (tertiary/aromatic N) is 1. The van der Waals surface area contributed by atoms with Gasteiger partial charge in [-0.15, -0.1) is 0 Å². The van der Waals surface area contributed by atoms with Crippen molar-refractivity contribution in [3.8, 4) is 5.75 Å². The topological polar surface area (TPSA) is 49.5 Å². The van der Waals surface area contributed by atoms with Gasteiger partial charge in [0.2, 0.25) is 0 Å². The predicted octanol–water partition coefficient (Wildman–Crippen LogP) is 4.11. The fourth-order valence-electron chi connectivity index (χ4n) is 5.82. The van der Waals surface area contributed by atoms with E-state index in [2.05, 4.69) is 17.0 Å². The number of hydrogen-bond acceptors (Lipinski definition) is 3. The highest BCUT2D eigenvalue weighted by molar-refractivity contribution is 5.63. The molecule has 0 amide bonds. The normalized spacial score (nSPS) is 29.9. The van der Waals surface area contributed by atoms with Gasteiger partial charge in [0, 0.05) is 13.1 Å². The molecule has 132 valence electrons. The summed E-state index contributed by atoms with van der Waals surface area (Å²) in [4.78, 5) is 2.39. The number of piperidine rings is 1. The van der Waals surface area contributed by atoms with Crippen molar-refractivity contribution in [2.75, 3.05) is 24.5 Å². The van der Waals surface area contributed by atoms with Crippen molar-refractivity contribution >= 4 is 5.69 Å². The van der Waals surface area contributed by atoms with Gasteiger partial charge < -0.3 is 15.7 Å². The van der Waals surface area contributed by atoms with Crippen LogP contribution in [0.4, 0.5) is 5.69 Å². The number of aryl methyl sites for hydroxylation is 1. The molecule has 24 heavy (non-hydrogen) atoms. The number of benzene rings is 1. The van der Waals surface area contributed by atoms with E-state index in [1.165, 1.54) is 68.9 Å².